The van der Waals surface area contributed by atoms with E-state index >= 15 is 0 Å². The molecule has 0 unspecified atom stereocenters. The molecule has 1 amide bonds. The first-order valence-electron chi connectivity index (χ1n) is 9.36. The van der Waals surface area contributed by atoms with Gasteiger partial charge in [-0.1, -0.05) is 30.3 Å². The van der Waals surface area contributed by atoms with Gasteiger partial charge in [-0.2, -0.15) is 10.5 Å². The van der Waals surface area contributed by atoms with Gasteiger partial charge in [-0.25, -0.2) is 8.78 Å². The van der Waals surface area contributed by atoms with Crippen molar-refractivity contribution in [2.45, 2.75) is 37.5 Å². The highest BCUT2D eigenvalue weighted by molar-refractivity contribution is 5.82. The van der Waals surface area contributed by atoms with Crippen molar-refractivity contribution in [3.8, 4) is 23.3 Å². The molecule has 5 nitrogen and oxygen atoms in total. The van der Waals surface area contributed by atoms with Gasteiger partial charge in [-0.05, 0) is 41.8 Å². The van der Waals surface area contributed by atoms with Gasteiger partial charge in [0, 0.05) is 12.8 Å². The van der Waals surface area contributed by atoms with Gasteiger partial charge in [0.1, 0.15) is 24.1 Å². The monoisotopic (exact) mass is 394 g/mol. The van der Waals surface area contributed by atoms with Gasteiger partial charge >= 0.3 is 0 Å². The Kier molecular flexibility index (Phi) is 6.54. The number of nitrogens with one attached hydrogen (secondary N) is 2. The van der Waals surface area contributed by atoms with E-state index in [1.807, 2.05) is 0 Å². The van der Waals surface area contributed by atoms with E-state index in [4.69, 9.17) is 5.26 Å². The highest BCUT2D eigenvalue weighted by atomic mass is 19.1. The van der Waals surface area contributed by atoms with Gasteiger partial charge in [-0.3, -0.25) is 4.79 Å². The van der Waals surface area contributed by atoms with Gasteiger partial charge in [0.2, 0.25) is 5.91 Å². The van der Waals surface area contributed by atoms with E-state index in [-0.39, 0.29) is 17.9 Å². The molecule has 2 N–H and O–H groups in total. The zero-order valence-electron chi connectivity index (χ0n) is 15.7. The van der Waals surface area contributed by atoms with E-state index in [2.05, 4.69) is 16.7 Å². The molecule has 2 aromatic carbocycles. The molecule has 29 heavy (non-hydrogen) atoms. The second-order valence-electron chi connectivity index (χ2n) is 7.03. The molecule has 0 aromatic heterocycles. The Labute approximate surface area is 168 Å². The average Bonchev–Trinajstić information content (AvgIpc) is 2.73. The van der Waals surface area contributed by atoms with Crippen molar-refractivity contribution in [3.05, 3.63) is 59.4 Å². The number of amides is 1. The number of halogens is 2. The van der Waals surface area contributed by atoms with E-state index in [0.717, 1.165) is 11.1 Å². The Morgan fingerprint density at radius 3 is 2.55 bits per heavy atom. The van der Waals surface area contributed by atoms with Crippen molar-refractivity contribution in [1.29, 1.82) is 10.5 Å². The van der Waals surface area contributed by atoms with Crippen LogP contribution in [0.5, 0.6) is 0 Å². The number of carbonyl (C=O) groups is 1. The molecule has 7 heteroatoms. The first-order chi connectivity index (χ1) is 14.0. The van der Waals surface area contributed by atoms with Crippen molar-refractivity contribution >= 4 is 5.91 Å². The van der Waals surface area contributed by atoms with Crippen molar-refractivity contribution in [2.75, 3.05) is 6.54 Å². The molecular formula is C22H20F2N4O. The van der Waals surface area contributed by atoms with Crippen LogP contribution in [0, 0.1) is 28.5 Å². The first kappa shape index (κ1) is 20.4. The maximum absolute atomic E-state index is 13.8. The molecule has 1 fully saturated rings. The fourth-order valence-electron chi connectivity index (χ4n) is 3.33. The van der Waals surface area contributed by atoms with Crippen LogP contribution in [0.25, 0.3) is 11.1 Å². The summed E-state index contributed by atoms with van der Waals surface area (Å²) in [5, 5.41) is 23.8. The van der Waals surface area contributed by atoms with E-state index in [0.29, 0.717) is 24.9 Å². The van der Waals surface area contributed by atoms with E-state index in [1.54, 1.807) is 36.4 Å². The maximum atomic E-state index is 13.8. The molecule has 1 saturated heterocycles. The van der Waals surface area contributed by atoms with Gasteiger partial charge in [0.15, 0.2) is 0 Å². The Hall–Kier alpha value is -3.29. The highest BCUT2D eigenvalue weighted by Gasteiger charge is 2.28. The van der Waals surface area contributed by atoms with Crippen LogP contribution in [0.2, 0.25) is 0 Å². The fourth-order valence-corrected chi connectivity index (χ4v) is 3.33. The third kappa shape index (κ3) is 5.16. The van der Waals surface area contributed by atoms with Crippen LogP contribution in [-0.4, -0.2) is 30.7 Å². The third-order valence-corrected chi connectivity index (χ3v) is 4.95. The van der Waals surface area contributed by atoms with Crippen molar-refractivity contribution in [1.82, 2.24) is 10.6 Å². The summed E-state index contributed by atoms with van der Waals surface area (Å²) in [6.45, 7) is 0.438. The predicted molar refractivity (Wildman–Crippen MR) is 104 cm³/mol. The van der Waals surface area contributed by atoms with Crippen LogP contribution >= 0.6 is 0 Å². The lowest BCUT2D eigenvalue weighted by Crippen LogP contribution is -2.51. The molecule has 0 saturated carbocycles. The summed E-state index contributed by atoms with van der Waals surface area (Å²) in [6, 6.07) is 14.1. The van der Waals surface area contributed by atoms with E-state index < -0.39 is 24.1 Å². The summed E-state index contributed by atoms with van der Waals surface area (Å²) in [5.41, 5.74) is 2.23. The smallest absolute Gasteiger partial charge is 0.238 e. The standard InChI is InChI=1S/C22H20F2N4O/c23-18-7-8-27-21(11-18)22(29)28-19(13-26)9-14-1-3-15(4-2-14)16-5-6-17(12-25)20(24)10-16/h1-6,10,18-19,21,27H,7-9,11H2,(H,28,29)/t18-,19-,21-/m0/s1. The van der Waals surface area contributed by atoms with Crippen molar-refractivity contribution in [3.63, 3.8) is 0 Å². The summed E-state index contributed by atoms with van der Waals surface area (Å²) in [6.07, 6.45) is -0.205. The van der Waals surface area contributed by atoms with Gasteiger partial charge < -0.3 is 10.6 Å². The molecule has 2 aromatic rings. The third-order valence-electron chi connectivity index (χ3n) is 4.95. The number of piperidine rings is 1. The number of nitrogens with zero attached hydrogens (tertiary/aromatic N) is 2. The number of benzene rings is 2. The molecule has 0 spiro atoms. The Bertz CT molecular complexity index is 962. The highest BCUT2D eigenvalue weighted by Crippen LogP contribution is 2.22. The average molecular weight is 394 g/mol. The largest absolute Gasteiger partial charge is 0.339 e. The van der Waals surface area contributed by atoms with Crippen molar-refractivity contribution in [2.24, 2.45) is 0 Å². The fraction of sp³-hybridized carbons (Fsp3) is 0.318. The van der Waals surface area contributed by atoms with E-state index in [1.165, 1.54) is 12.1 Å². The summed E-state index contributed by atoms with van der Waals surface area (Å²) in [5.74, 6) is -0.947. The van der Waals surface area contributed by atoms with Crippen LogP contribution in [0.1, 0.15) is 24.0 Å². The maximum Gasteiger partial charge on any atom is 0.238 e. The number of nitriles is 2. The molecule has 148 valence electrons. The van der Waals surface area contributed by atoms with Crippen LogP contribution in [-0.2, 0) is 11.2 Å². The molecule has 0 bridgehead atoms. The molecular weight excluding hydrogens is 374 g/mol. The molecule has 1 aliphatic heterocycles. The minimum atomic E-state index is -1.01. The normalized spacial score (nSPS) is 19.6. The molecule has 0 radical (unpaired) electrons. The van der Waals surface area contributed by atoms with Gasteiger partial charge in [-0.15, -0.1) is 0 Å². The van der Waals surface area contributed by atoms with E-state index in [9.17, 15) is 18.8 Å². The number of rotatable bonds is 5. The minimum Gasteiger partial charge on any atom is -0.339 e. The minimum absolute atomic E-state index is 0.00971. The Morgan fingerprint density at radius 2 is 1.93 bits per heavy atom. The Morgan fingerprint density at radius 1 is 1.21 bits per heavy atom. The molecule has 1 heterocycles. The quantitative estimate of drug-likeness (QED) is 0.816. The molecule has 1 aliphatic rings. The lowest BCUT2D eigenvalue weighted by Gasteiger charge is -2.26. The number of hydrogen-bond acceptors (Lipinski definition) is 4. The van der Waals surface area contributed by atoms with Gasteiger partial charge in [0.05, 0.1) is 17.7 Å². The predicted octanol–water partition coefficient (Wildman–Crippen LogP) is 3.01. The number of hydrogen-bond donors (Lipinski definition) is 2. The molecule has 0 aliphatic carbocycles. The zero-order chi connectivity index (χ0) is 20.8. The number of alkyl halides is 1. The summed E-state index contributed by atoms with van der Waals surface area (Å²) in [4.78, 5) is 12.3. The first-order valence-corrected chi connectivity index (χ1v) is 9.36. The van der Waals surface area contributed by atoms with Crippen molar-refractivity contribution < 1.29 is 13.6 Å². The van der Waals surface area contributed by atoms with Crippen LogP contribution in [0.4, 0.5) is 8.78 Å². The lowest BCUT2D eigenvalue weighted by atomic mass is 9.99. The topological polar surface area (TPSA) is 88.7 Å². The lowest BCUT2D eigenvalue weighted by molar-refractivity contribution is -0.124. The SMILES string of the molecule is N#Cc1ccc(-c2ccc(C[C@@H](C#N)NC(=O)[C@@H]3C[C@@H](F)CCN3)cc2)cc1F. The summed E-state index contributed by atoms with van der Waals surface area (Å²) >= 11 is 0. The van der Waals surface area contributed by atoms with Gasteiger partial charge in [0.25, 0.3) is 0 Å². The molecule has 3 atom stereocenters. The number of carbonyl (C=O) groups excluding carboxylic acids is 1. The van der Waals surface area contributed by atoms with Crippen LogP contribution < -0.4 is 10.6 Å². The molecule has 3 rings (SSSR count). The summed E-state index contributed by atoms with van der Waals surface area (Å²) in [7, 11) is 0. The zero-order valence-corrected chi connectivity index (χ0v) is 15.7. The van der Waals surface area contributed by atoms with Crippen LogP contribution in [0.3, 0.4) is 0 Å². The summed E-state index contributed by atoms with van der Waals surface area (Å²) < 4.78 is 27.3. The Balaban J connectivity index is 1.63. The second-order valence-corrected chi connectivity index (χ2v) is 7.03. The van der Waals surface area contributed by atoms with Crippen LogP contribution in [0.15, 0.2) is 42.5 Å². The second kappa shape index (κ2) is 9.27.